The third-order valence-corrected chi connectivity index (χ3v) is 3.89. The van der Waals surface area contributed by atoms with Gasteiger partial charge in [-0.05, 0) is 69.1 Å². The SMILES string of the molecule is CCOc1ccc(C=O)cc1.NCCCC[C@H](N)C(=O)O.NCCc1ccccc1. The Bertz CT molecular complexity index is 679. The van der Waals surface area contributed by atoms with E-state index < -0.39 is 12.0 Å². The van der Waals surface area contributed by atoms with Gasteiger partial charge in [0.05, 0.1) is 6.61 Å². The van der Waals surface area contributed by atoms with Crippen LogP contribution in [0.3, 0.4) is 0 Å². The smallest absolute Gasteiger partial charge is 0.320 e. The second kappa shape index (κ2) is 18.3. The molecule has 1 atom stereocenters. The molecule has 0 saturated heterocycles. The molecule has 0 aromatic heterocycles. The maximum Gasteiger partial charge on any atom is 0.320 e. The van der Waals surface area contributed by atoms with E-state index in [-0.39, 0.29) is 0 Å². The largest absolute Gasteiger partial charge is 0.494 e. The number of rotatable bonds is 10. The fourth-order valence-electron chi connectivity index (χ4n) is 2.25. The average molecular weight is 418 g/mol. The maximum absolute atomic E-state index is 10.2. The highest BCUT2D eigenvalue weighted by Crippen LogP contribution is 2.10. The molecular weight excluding hydrogens is 382 g/mol. The molecule has 2 aromatic carbocycles. The normalized spacial score (nSPS) is 10.5. The summed E-state index contributed by atoms with van der Waals surface area (Å²) >= 11 is 0. The minimum atomic E-state index is -0.933. The summed E-state index contributed by atoms with van der Waals surface area (Å²) in [4.78, 5) is 20.4. The summed E-state index contributed by atoms with van der Waals surface area (Å²) in [5, 5.41) is 8.33. The lowest BCUT2D eigenvalue weighted by Gasteiger charge is -2.03. The molecule has 0 radical (unpaired) electrons. The molecule has 0 aliphatic rings. The van der Waals surface area contributed by atoms with E-state index in [1.807, 2.05) is 25.1 Å². The molecule has 0 unspecified atom stereocenters. The zero-order valence-electron chi connectivity index (χ0n) is 17.7. The Labute approximate surface area is 179 Å². The van der Waals surface area contributed by atoms with Crippen LogP contribution in [-0.4, -0.2) is 43.1 Å². The highest BCUT2D eigenvalue weighted by atomic mass is 16.5. The second-order valence-corrected chi connectivity index (χ2v) is 6.37. The first-order valence-electron chi connectivity index (χ1n) is 10.1. The first-order valence-corrected chi connectivity index (χ1v) is 10.1. The Morgan fingerprint density at radius 1 is 1.03 bits per heavy atom. The Hall–Kier alpha value is -2.74. The lowest BCUT2D eigenvalue weighted by molar-refractivity contribution is -0.138. The summed E-state index contributed by atoms with van der Waals surface area (Å²) in [7, 11) is 0. The first-order chi connectivity index (χ1) is 14.5. The van der Waals surface area contributed by atoms with Gasteiger partial charge in [0.15, 0.2) is 0 Å². The molecule has 0 bridgehead atoms. The van der Waals surface area contributed by atoms with Crippen LogP contribution < -0.4 is 21.9 Å². The third-order valence-electron chi connectivity index (χ3n) is 3.89. The molecule has 2 aromatic rings. The van der Waals surface area contributed by atoms with Gasteiger partial charge in [-0.15, -0.1) is 0 Å². The average Bonchev–Trinajstić information content (AvgIpc) is 2.76. The van der Waals surface area contributed by atoms with Gasteiger partial charge in [0, 0.05) is 5.56 Å². The van der Waals surface area contributed by atoms with Gasteiger partial charge in [-0.2, -0.15) is 0 Å². The van der Waals surface area contributed by atoms with Crippen molar-refractivity contribution in [3.8, 4) is 5.75 Å². The van der Waals surface area contributed by atoms with Crippen LogP contribution in [0.5, 0.6) is 5.75 Å². The van der Waals surface area contributed by atoms with Crippen molar-refractivity contribution in [2.75, 3.05) is 19.7 Å². The molecule has 7 heteroatoms. The van der Waals surface area contributed by atoms with Gasteiger partial charge in [0.1, 0.15) is 18.1 Å². The van der Waals surface area contributed by atoms with E-state index >= 15 is 0 Å². The van der Waals surface area contributed by atoms with Crippen molar-refractivity contribution in [3.63, 3.8) is 0 Å². The predicted molar refractivity (Wildman–Crippen MR) is 121 cm³/mol. The summed E-state index contributed by atoms with van der Waals surface area (Å²) in [6.45, 7) is 3.92. The Morgan fingerprint density at radius 3 is 2.13 bits per heavy atom. The highest BCUT2D eigenvalue weighted by Gasteiger charge is 2.09. The van der Waals surface area contributed by atoms with Crippen LogP contribution in [0.25, 0.3) is 0 Å². The van der Waals surface area contributed by atoms with Crippen molar-refractivity contribution in [1.82, 2.24) is 0 Å². The number of benzene rings is 2. The van der Waals surface area contributed by atoms with Crippen LogP contribution in [0.1, 0.15) is 42.1 Å². The lowest BCUT2D eigenvalue weighted by Crippen LogP contribution is -2.29. The summed E-state index contributed by atoms with van der Waals surface area (Å²) in [5.74, 6) is -0.130. The number of carbonyl (C=O) groups is 2. The number of nitrogens with two attached hydrogens (primary N) is 3. The van der Waals surface area contributed by atoms with Crippen molar-refractivity contribution in [2.24, 2.45) is 17.2 Å². The predicted octanol–water partition coefficient (Wildman–Crippen LogP) is 2.61. The molecular formula is C23H35N3O4. The molecule has 166 valence electrons. The minimum Gasteiger partial charge on any atom is -0.494 e. The molecule has 0 fully saturated rings. The van der Waals surface area contributed by atoms with E-state index in [1.165, 1.54) is 5.56 Å². The fourth-order valence-corrected chi connectivity index (χ4v) is 2.25. The second-order valence-electron chi connectivity index (χ2n) is 6.37. The standard InChI is InChI=1S/C9H10O2.C8H11N.C6H14N2O2/c1-2-11-9-5-3-8(7-10)4-6-9;9-7-6-8-4-2-1-3-5-8;7-4-2-1-3-5(8)6(9)10/h3-7H,2H2,1H3;1-5H,6-7,9H2;5H,1-4,7-8H2,(H,9,10)/t;;5-/m..0/s1. The van der Waals surface area contributed by atoms with Gasteiger partial charge >= 0.3 is 5.97 Å². The number of hydrogen-bond donors (Lipinski definition) is 4. The van der Waals surface area contributed by atoms with Gasteiger partial charge in [-0.25, -0.2) is 0 Å². The van der Waals surface area contributed by atoms with Gasteiger partial charge < -0.3 is 27.0 Å². The van der Waals surface area contributed by atoms with Crippen molar-refractivity contribution in [1.29, 1.82) is 0 Å². The van der Waals surface area contributed by atoms with Crippen molar-refractivity contribution < 1.29 is 19.4 Å². The lowest BCUT2D eigenvalue weighted by atomic mass is 10.1. The van der Waals surface area contributed by atoms with Crippen molar-refractivity contribution in [3.05, 3.63) is 65.7 Å². The zero-order chi connectivity index (χ0) is 22.6. The summed E-state index contributed by atoms with van der Waals surface area (Å²) in [6.07, 6.45) is 3.97. The van der Waals surface area contributed by atoms with E-state index in [4.69, 9.17) is 27.0 Å². The molecule has 7 N–H and O–H groups in total. The summed E-state index contributed by atoms with van der Waals surface area (Å²) in [5.41, 5.74) is 17.8. The van der Waals surface area contributed by atoms with Crippen LogP contribution >= 0.6 is 0 Å². The van der Waals surface area contributed by atoms with E-state index in [9.17, 15) is 9.59 Å². The van der Waals surface area contributed by atoms with Crippen LogP contribution in [0, 0.1) is 0 Å². The third kappa shape index (κ3) is 14.3. The quantitative estimate of drug-likeness (QED) is 0.344. The number of carbonyl (C=O) groups excluding carboxylic acids is 1. The van der Waals surface area contributed by atoms with Crippen LogP contribution in [0.2, 0.25) is 0 Å². The zero-order valence-corrected chi connectivity index (χ0v) is 17.7. The number of aliphatic carboxylic acids is 1. The van der Waals surface area contributed by atoms with E-state index in [0.29, 0.717) is 25.1 Å². The Kier molecular flexibility index (Phi) is 16.6. The maximum atomic E-state index is 10.2. The van der Waals surface area contributed by atoms with Crippen LogP contribution in [0.4, 0.5) is 0 Å². The van der Waals surface area contributed by atoms with Gasteiger partial charge in [-0.3, -0.25) is 9.59 Å². The van der Waals surface area contributed by atoms with Gasteiger partial charge in [-0.1, -0.05) is 36.8 Å². The molecule has 0 aliphatic carbocycles. The topological polar surface area (TPSA) is 142 Å². The number of carboxylic acid groups (broad SMARTS) is 1. The minimum absolute atomic E-state index is 0.520. The monoisotopic (exact) mass is 417 g/mol. The van der Waals surface area contributed by atoms with Gasteiger partial charge in [0.2, 0.25) is 0 Å². The summed E-state index contributed by atoms with van der Waals surface area (Å²) in [6, 6.07) is 16.6. The van der Waals surface area contributed by atoms with Gasteiger partial charge in [0.25, 0.3) is 0 Å². The molecule has 0 aliphatic heterocycles. The highest BCUT2D eigenvalue weighted by molar-refractivity contribution is 5.74. The number of ether oxygens (including phenoxy) is 1. The van der Waals surface area contributed by atoms with E-state index in [0.717, 1.165) is 37.8 Å². The number of carboxylic acids is 1. The fraction of sp³-hybridized carbons (Fsp3) is 0.391. The Balaban J connectivity index is 0.000000423. The number of hydrogen-bond acceptors (Lipinski definition) is 6. The molecule has 30 heavy (non-hydrogen) atoms. The Morgan fingerprint density at radius 2 is 1.67 bits per heavy atom. The number of unbranched alkanes of at least 4 members (excludes halogenated alkanes) is 1. The van der Waals surface area contributed by atoms with Crippen molar-refractivity contribution in [2.45, 2.75) is 38.6 Å². The molecule has 7 nitrogen and oxygen atoms in total. The van der Waals surface area contributed by atoms with Crippen LogP contribution in [-0.2, 0) is 11.2 Å². The number of aldehydes is 1. The summed E-state index contributed by atoms with van der Waals surface area (Å²) < 4.78 is 5.19. The van der Waals surface area contributed by atoms with E-state index in [1.54, 1.807) is 24.3 Å². The van der Waals surface area contributed by atoms with Crippen molar-refractivity contribution >= 4 is 12.3 Å². The molecule has 0 heterocycles. The van der Waals surface area contributed by atoms with Crippen LogP contribution in [0.15, 0.2) is 54.6 Å². The molecule has 0 spiro atoms. The first kappa shape index (κ1) is 27.3. The molecule has 0 saturated carbocycles. The molecule has 0 amide bonds. The molecule has 2 rings (SSSR count). The van der Waals surface area contributed by atoms with E-state index in [2.05, 4.69) is 12.1 Å².